The van der Waals surface area contributed by atoms with E-state index in [1.807, 2.05) is 0 Å². The molecule has 0 atom stereocenters. The molecule has 0 aliphatic carbocycles. The Balaban J connectivity index is 0. The Bertz CT molecular complexity index is 275. The summed E-state index contributed by atoms with van der Waals surface area (Å²) in [6, 6.07) is 0. The van der Waals surface area contributed by atoms with Crippen molar-refractivity contribution in [2.45, 2.75) is 17.8 Å². The number of aliphatic carboxylic acids is 2. The summed E-state index contributed by atoms with van der Waals surface area (Å²) in [5.74, 6) is -26.0. The summed E-state index contributed by atoms with van der Waals surface area (Å²) in [7, 11) is 0. The van der Waals surface area contributed by atoms with Gasteiger partial charge >= 0.3 is 59.3 Å². The monoisotopic (exact) mass is 264 g/mol. The fourth-order valence-electron chi connectivity index (χ4n) is 0.466. The van der Waals surface area contributed by atoms with E-state index >= 15 is 0 Å². The van der Waals surface area contributed by atoms with Crippen molar-refractivity contribution in [2.75, 3.05) is 0 Å². The molecule has 0 aromatic heterocycles. The third kappa shape index (κ3) is 2.43. The Morgan fingerprint density at radius 2 is 0.938 bits per heavy atom. The molecule has 0 bridgehead atoms. The second kappa shape index (κ2) is 4.80. The predicted octanol–water partition coefficient (Wildman–Crippen LogP) is 0.413. The molecule has 0 spiro atoms. The fraction of sp³-hybridized carbons (Fsp3) is 0.600. The minimum absolute atomic E-state index is 0. The molecule has 4 nitrogen and oxygen atoms in total. The van der Waals surface area contributed by atoms with Crippen molar-refractivity contribution in [2.24, 2.45) is 0 Å². The summed E-state index contributed by atoms with van der Waals surface area (Å²) >= 11 is 0. The number of hydrogen-bond acceptors (Lipinski definition) is 2. The van der Waals surface area contributed by atoms with Gasteiger partial charge in [-0.05, 0) is 0 Å². The van der Waals surface area contributed by atoms with Crippen LogP contribution in [0.4, 0.5) is 26.3 Å². The van der Waals surface area contributed by atoms with E-state index in [0.29, 0.717) is 0 Å². The number of alkyl halides is 6. The van der Waals surface area contributed by atoms with Crippen LogP contribution in [0.25, 0.3) is 0 Å². The molecular weight excluding hydrogens is 261 g/mol. The van der Waals surface area contributed by atoms with E-state index in [0.717, 1.165) is 0 Å². The first kappa shape index (κ1) is 17.9. The van der Waals surface area contributed by atoms with Gasteiger partial charge in [0.25, 0.3) is 0 Å². The molecule has 0 heterocycles. The third-order valence-corrected chi connectivity index (χ3v) is 1.33. The quantitative estimate of drug-likeness (QED) is 0.569. The maximum atomic E-state index is 12.2. The van der Waals surface area contributed by atoms with Gasteiger partial charge in [0.15, 0.2) is 0 Å². The number of halogens is 6. The number of hydrogen-bond donors (Lipinski definition) is 2. The molecule has 0 radical (unpaired) electrons. The zero-order valence-corrected chi connectivity index (χ0v) is 6.48. The molecule has 0 fully saturated rings. The van der Waals surface area contributed by atoms with E-state index in [1.165, 1.54) is 0 Å². The van der Waals surface area contributed by atoms with Crippen LogP contribution in [-0.2, 0) is 9.59 Å². The van der Waals surface area contributed by atoms with Gasteiger partial charge in [0.05, 0.1) is 0 Å². The summed E-state index contributed by atoms with van der Waals surface area (Å²) in [4.78, 5) is 19.2. The van der Waals surface area contributed by atoms with Gasteiger partial charge in [0.1, 0.15) is 0 Å². The first-order valence-electron chi connectivity index (χ1n) is 2.99. The van der Waals surface area contributed by atoms with E-state index in [-0.39, 0.29) is 29.6 Å². The molecule has 11 heteroatoms. The molecule has 0 aromatic carbocycles. The number of carboxylic acids is 2. The Kier molecular flexibility index (Phi) is 5.37. The molecule has 2 N–H and O–H groups in total. The summed E-state index contributed by atoms with van der Waals surface area (Å²) in [5, 5.41) is 15.1. The van der Waals surface area contributed by atoms with Crippen LogP contribution in [0, 0.1) is 0 Å². The SMILES string of the molecule is O=C(O)C(F)(F)C(F)(F)C(F)(F)C(=O)O.[NaH]. The number of carbonyl (C=O) groups is 2. The normalized spacial score (nSPS) is 12.9. The van der Waals surface area contributed by atoms with Crippen LogP contribution in [0.2, 0.25) is 0 Å². The standard InChI is InChI=1S/C5H2F6O4.Na.H/c6-3(7,1(12)13)5(10,11)4(8,9)2(14)15;;/h(H,12,13)(H,14,15);;. The van der Waals surface area contributed by atoms with Crippen LogP contribution in [-0.4, -0.2) is 69.5 Å². The van der Waals surface area contributed by atoms with Crippen LogP contribution in [0.3, 0.4) is 0 Å². The zero-order valence-electron chi connectivity index (χ0n) is 6.48. The van der Waals surface area contributed by atoms with Gasteiger partial charge in [0.2, 0.25) is 0 Å². The van der Waals surface area contributed by atoms with Gasteiger partial charge in [-0.3, -0.25) is 0 Å². The van der Waals surface area contributed by atoms with Gasteiger partial charge in [-0.2, -0.15) is 26.3 Å². The Labute approximate surface area is 106 Å². The van der Waals surface area contributed by atoms with Crippen molar-refractivity contribution in [3.63, 3.8) is 0 Å². The molecule has 90 valence electrons. The van der Waals surface area contributed by atoms with Gasteiger partial charge in [-0.25, -0.2) is 9.59 Å². The van der Waals surface area contributed by atoms with Crippen molar-refractivity contribution in [1.29, 1.82) is 0 Å². The van der Waals surface area contributed by atoms with Gasteiger partial charge in [-0.15, -0.1) is 0 Å². The summed E-state index contributed by atoms with van der Waals surface area (Å²) in [6.07, 6.45) is 0. The van der Waals surface area contributed by atoms with E-state index in [9.17, 15) is 35.9 Å². The van der Waals surface area contributed by atoms with E-state index in [2.05, 4.69) is 0 Å². The second-order valence-electron chi connectivity index (χ2n) is 2.33. The van der Waals surface area contributed by atoms with Gasteiger partial charge < -0.3 is 10.2 Å². The number of carboxylic acid groups (broad SMARTS) is 2. The van der Waals surface area contributed by atoms with Crippen molar-refractivity contribution < 1.29 is 46.1 Å². The molecule has 0 aromatic rings. The van der Waals surface area contributed by atoms with Crippen LogP contribution in [0.1, 0.15) is 0 Å². The van der Waals surface area contributed by atoms with Crippen LogP contribution in [0.15, 0.2) is 0 Å². The van der Waals surface area contributed by atoms with Crippen LogP contribution < -0.4 is 0 Å². The van der Waals surface area contributed by atoms with Crippen molar-refractivity contribution in [1.82, 2.24) is 0 Å². The maximum absolute atomic E-state index is 12.2. The summed E-state index contributed by atoms with van der Waals surface area (Å²) in [6.45, 7) is 0. The molecule has 0 rings (SSSR count). The van der Waals surface area contributed by atoms with Crippen molar-refractivity contribution in [3.05, 3.63) is 0 Å². The molecule has 0 aliphatic rings. The zero-order chi connectivity index (χ0) is 12.7. The molecule has 0 unspecified atom stereocenters. The van der Waals surface area contributed by atoms with Crippen molar-refractivity contribution in [3.8, 4) is 0 Å². The Morgan fingerprint density at radius 3 is 1.06 bits per heavy atom. The molecule has 0 saturated carbocycles. The summed E-state index contributed by atoms with van der Waals surface area (Å²) in [5.41, 5.74) is 0. The second-order valence-corrected chi connectivity index (χ2v) is 2.33. The van der Waals surface area contributed by atoms with E-state index in [1.54, 1.807) is 0 Å². The van der Waals surface area contributed by atoms with Crippen LogP contribution in [0.5, 0.6) is 0 Å². The number of rotatable bonds is 4. The van der Waals surface area contributed by atoms with Gasteiger partial charge in [-0.1, -0.05) is 0 Å². The van der Waals surface area contributed by atoms with Crippen LogP contribution >= 0.6 is 0 Å². The van der Waals surface area contributed by atoms with Gasteiger partial charge in [0, 0.05) is 0 Å². The fourth-order valence-corrected chi connectivity index (χ4v) is 0.466. The first-order valence-corrected chi connectivity index (χ1v) is 2.99. The third-order valence-electron chi connectivity index (χ3n) is 1.33. The average Bonchev–Trinajstić information content (AvgIpc) is 2.02. The molecule has 0 aliphatic heterocycles. The molecular formula is C5H3F6NaO4. The Hall–Kier alpha value is -0.480. The molecule has 0 saturated heterocycles. The Morgan fingerprint density at radius 1 is 0.750 bits per heavy atom. The van der Waals surface area contributed by atoms with E-state index < -0.39 is 29.7 Å². The average molecular weight is 264 g/mol. The minimum atomic E-state index is -6.53. The van der Waals surface area contributed by atoms with E-state index in [4.69, 9.17) is 10.2 Å². The first-order chi connectivity index (χ1) is 6.39. The topological polar surface area (TPSA) is 74.6 Å². The summed E-state index contributed by atoms with van der Waals surface area (Å²) < 4.78 is 72.8. The molecule has 16 heavy (non-hydrogen) atoms. The van der Waals surface area contributed by atoms with Crippen molar-refractivity contribution >= 4 is 41.5 Å². The molecule has 0 amide bonds. The predicted molar refractivity (Wildman–Crippen MR) is 37.3 cm³/mol.